The molecule has 1 aliphatic carbocycles. The molecule has 0 atom stereocenters. The van der Waals surface area contributed by atoms with Gasteiger partial charge in [-0.3, -0.25) is 0 Å². The molecule has 8 aromatic heterocycles. The van der Waals surface area contributed by atoms with Gasteiger partial charge in [-0.25, -0.2) is 29.9 Å². The van der Waals surface area contributed by atoms with Gasteiger partial charge in [0, 0.05) is 121 Å². The fourth-order valence-corrected chi connectivity index (χ4v) is 35.1. The molecule has 3 aliphatic heterocycles. The average Bonchev–Trinajstić information content (AvgIpc) is 1.54. The first-order valence-electron chi connectivity index (χ1n) is 51.5. The Bertz CT molecular complexity index is 10300. The molecule has 149 heavy (non-hydrogen) atoms. The van der Waals surface area contributed by atoms with Gasteiger partial charge in [-0.2, -0.15) is 0 Å². The van der Waals surface area contributed by atoms with E-state index in [0.717, 1.165) is 141 Å². The lowest BCUT2D eigenvalue weighted by Crippen LogP contribution is -2.50. The highest BCUT2D eigenvalue weighted by atomic mass is 28.3. The van der Waals surface area contributed by atoms with Crippen LogP contribution < -0.4 is 31.1 Å². The van der Waals surface area contributed by atoms with Crippen LogP contribution in [-0.4, -0.2) is 72.4 Å². The Morgan fingerprint density at radius 2 is 0.510 bits per heavy atom. The molecule has 0 saturated heterocycles. The van der Waals surface area contributed by atoms with Crippen LogP contribution in [0.15, 0.2) is 453 Å². The second-order valence-electron chi connectivity index (χ2n) is 42.3. The maximum atomic E-state index is 6.37. The van der Waals surface area contributed by atoms with Crippen molar-refractivity contribution in [3.8, 4) is 136 Å². The van der Waals surface area contributed by atoms with Crippen molar-refractivity contribution in [3.05, 3.63) is 460 Å². The lowest BCUT2D eigenvalue weighted by molar-refractivity contribution is 0.661. The monoisotopic (exact) mass is 1960 g/mol. The number of nitrogens with zero attached hydrogens (tertiary/aromatic N) is 10. The van der Waals surface area contributed by atoms with Gasteiger partial charge in [-0.05, 0) is 179 Å². The summed E-state index contributed by atoms with van der Waals surface area (Å²) in [4.78, 5) is 31.8. The second kappa shape index (κ2) is 33.3. The normalized spacial score (nSPS) is 13.9. The fraction of sp³-hybridized carbons (Fsp3) is 0.0667. The molecule has 706 valence electrons. The summed E-state index contributed by atoms with van der Waals surface area (Å²) in [7, 11) is -6.23. The van der Waals surface area contributed by atoms with Gasteiger partial charge >= 0.3 is 0 Å². The molecule has 0 spiro atoms. The Labute approximate surface area is 864 Å². The van der Waals surface area contributed by atoms with E-state index in [-0.39, 0.29) is 5.41 Å². The van der Waals surface area contributed by atoms with Crippen LogP contribution >= 0.6 is 0 Å². The molecule has 0 radical (unpaired) electrons. The zero-order chi connectivity index (χ0) is 99.6. The number of fused-ring (bicyclic) bond motifs is 27. The number of hydrogen-bond acceptors (Lipinski definition) is 7. The van der Waals surface area contributed by atoms with E-state index in [1.54, 1.807) is 0 Å². The summed E-state index contributed by atoms with van der Waals surface area (Å²) < 4.78 is 16.0. The predicted octanol–water partition coefficient (Wildman–Crippen LogP) is 30.4. The smallest absolute Gasteiger partial charge is 0.160 e. The maximum absolute atomic E-state index is 6.37. The highest BCUT2D eigenvalue weighted by Crippen LogP contribution is 2.53. The number of benzene rings is 19. The topological polar surface area (TPSA) is 110 Å². The van der Waals surface area contributed by atoms with Gasteiger partial charge in [0.25, 0.3) is 0 Å². The van der Waals surface area contributed by atoms with Gasteiger partial charge in [0.15, 0.2) is 17.5 Å². The molecule has 0 bridgehead atoms. The van der Waals surface area contributed by atoms with E-state index < -0.39 is 24.2 Å². The van der Waals surface area contributed by atoms with Gasteiger partial charge in [0.05, 0.1) is 78.3 Å². The van der Waals surface area contributed by atoms with E-state index in [4.69, 9.17) is 34.3 Å². The van der Waals surface area contributed by atoms with E-state index in [1.165, 1.54) is 146 Å². The van der Waals surface area contributed by atoms with E-state index >= 15 is 0 Å². The summed E-state index contributed by atoms with van der Waals surface area (Å²) in [6, 6.07) is 162. The largest absolute Gasteiger partial charge is 0.456 e. The summed E-state index contributed by atoms with van der Waals surface area (Å²) in [6.07, 6.45) is 0. The van der Waals surface area contributed by atoms with E-state index in [1.807, 2.05) is 30.3 Å². The first-order valence-corrected chi connectivity index (χ1v) is 60.5. The molecular weight excluding hydrogens is 1860 g/mol. The summed E-state index contributed by atoms with van der Waals surface area (Å²) >= 11 is 0. The minimum absolute atomic E-state index is 0.0661. The van der Waals surface area contributed by atoms with E-state index in [2.05, 4.69) is 490 Å². The van der Waals surface area contributed by atoms with Gasteiger partial charge in [0.1, 0.15) is 35.4 Å². The number of aromatic nitrogens is 10. The van der Waals surface area contributed by atoms with E-state index in [9.17, 15) is 0 Å². The number of rotatable bonds is 10. The third kappa shape index (κ3) is 13.4. The Kier molecular flexibility index (Phi) is 19.6. The highest BCUT2D eigenvalue weighted by molar-refractivity contribution is 7.05. The van der Waals surface area contributed by atoms with Crippen LogP contribution in [0.5, 0.6) is 0 Å². The number of furan rings is 1. The third-order valence-electron chi connectivity index (χ3n) is 32.5. The zero-order valence-corrected chi connectivity index (χ0v) is 86.6. The molecule has 11 heterocycles. The second-order valence-corrected chi connectivity index (χ2v) is 55.2. The lowest BCUT2D eigenvalue weighted by atomic mass is 9.82. The standard InChI is InChI=1S/C48H34N4Si.C45H35N3Si.C42H29N3OSi/c1-53(2)44-24-14-11-21-37(44)46-47(53)45(49-48(50-46)32-15-5-3-6-16-32)31-25-27-34(28-26-31)52-41-23-13-10-20-36(41)39-29-38-35-19-9-12-22-40(35)51(42(38)30-43(39)52)33-17-7-4-8-18-33;1-45(2)36-19-11-8-16-31(36)34-26-35-32-17-9-12-20-38(32)48(39(35)27-37(34)45)30-24-22-28(23-25-30)41-43-42(33-18-10-13-21-40(33)49(43,3)4)47-44(46-41)29-14-6-5-7-15-29;1-47(2)38-22-11-8-19-31(38)40-41(47)39(43-42(44-40)26-13-4-3-5-14-26)27-15-12-16-28(23-27)45-34-20-9-6-17-29(34)32-24-33-30-18-7-10-21-36(30)46-37(33)25-35(32)45/h3-30H,1-2H3;5-27H,1-4H3;3-25H,1-2H3. The summed E-state index contributed by atoms with van der Waals surface area (Å²) in [6.45, 7) is 19.3. The molecule has 14 heteroatoms. The molecule has 0 N–H and O–H groups in total. The van der Waals surface area contributed by atoms with Gasteiger partial charge in [-0.1, -0.05) is 387 Å². The molecule has 0 amide bonds. The van der Waals surface area contributed by atoms with Crippen molar-refractivity contribution < 1.29 is 4.42 Å². The zero-order valence-electron chi connectivity index (χ0n) is 83.6. The molecule has 0 fully saturated rings. The minimum Gasteiger partial charge on any atom is -0.456 e. The van der Waals surface area contributed by atoms with Crippen molar-refractivity contribution in [1.82, 2.24) is 48.2 Å². The molecule has 0 saturated carbocycles. The van der Waals surface area contributed by atoms with Crippen molar-refractivity contribution in [1.29, 1.82) is 0 Å². The van der Waals surface area contributed by atoms with Crippen molar-refractivity contribution in [2.45, 2.75) is 58.5 Å². The number of hydrogen-bond donors (Lipinski definition) is 0. The summed E-state index contributed by atoms with van der Waals surface area (Å²) in [5, 5.41) is 20.5. The Morgan fingerprint density at radius 1 is 0.195 bits per heavy atom. The fourth-order valence-electron chi connectivity index (χ4n) is 25.4. The van der Waals surface area contributed by atoms with Crippen LogP contribution in [0.2, 0.25) is 39.3 Å². The molecule has 31 rings (SSSR count). The van der Waals surface area contributed by atoms with Crippen LogP contribution in [0.3, 0.4) is 0 Å². The SMILES string of the molecule is CC1(C)c2ccccc2-c2cc3c4ccccc4n(-c4ccc(-c5nc(-c6ccccc6)nc6c5[Si](C)(C)c5ccccc5-6)cc4)c3cc21.C[Si]1(C)c2ccccc2-c2nc(-c3ccccc3)nc(-c3ccc(-n4c5ccccc5c5cc6c7ccccc7n(-c7ccccc7)c6cc54)cc3)c21.C[Si]1(C)c2ccccc2-c2nc(-c3ccccc3)nc(-c3cccc(-n4c5ccccc5c5cc6c(cc54)oc4ccccc46)c3)c21. The van der Waals surface area contributed by atoms with Gasteiger partial charge in [-0.15, -0.1) is 0 Å². The Morgan fingerprint density at radius 3 is 0.953 bits per heavy atom. The first kappa shape index (κ1) is 87.6. The van der Waals surface area contributed by atoms with Crippen molar-refractivity contribution in [2.75, 3.05) is 0 Å². The summed E-state index contributed by atoms with van der Waals surface area (Å²) in [5.74, 6) is 2.31. The quantitative estimate of drug-likeness (QED) is 0.125. The Hall–Kier alpha value is -17.9. The van der Waals surface area contributed by atoms with Crippen molar-refractivity contribution in [2.24, 2.45) is 0 Å². The molecule has 19 aromatic carbocycles. The average molecular weight is 1960 g/mol. The maximum Gasteiger partial charge on any atom is 0.160 e. The third-order valence-corrected chi connectivity index (χ3v) is 43.0. The molecule has 27 aromatic rings. The molecule has 11 nitrogen and oxygen atoms in total. The van der Waals surface area contributed by atoms with Crippen LogP contribution in [0.4, 0.5) is 0 Å². The van der Waals surface area contributed by atoms with Gasteiger partial charge < -0.3 is 22.7 Å². The first-order chi connectivity index (χ1) is 72.9. The van der Waals surface area contributed by atoms with Gasteiger partial charge in [0.2, 0.25) is 0 Å². The van der Waals surface area contributed by atoms with Crippen LogP contribution in [0.25, 0.3) is 245 Å². The Balaban J connectivity index is 0.000000105. The van der Waals surface area contributed by atoms with Crippen LogP contribution in [0.1, 0.15) is 25.0 Å². The number of para-hydroxylation sites is 6. The predicted molar refractivity (Wildman–Crippen MR) is 627 cm³/mol. The van der Waals surface area contributed by atoms with E-state index in [0.29, 0.717) is 0 Å². The van der Waals surface area contributed by atoms with Crippen LogP contribution in [0, 0.1) is 0 Å². The van der Waals surface area contributed by atoms with Crippen molar-refractivity contribution in [3.63, 3.8) is 0 Å². The summed E-state index contributed by atoms with van der Waals surface area (Å²) in [5.41, 5.74) is 37.9. The lowest BCUT2D eigenvalue weighted by Gasteiger charge is -2.22. The molecule has 0 unspecified atom stereocenters. The molecule has 4 aliphatic rings. The molecular formula is C135H98N10OSi3. The van der Waals surface area contributed by atoms with Crippen LogP contribution in [-0.2, 0) is 5.41 Å². The minimum atomic E-state index is -2.09. The highest BCUT2D eigenvalue weighted by Gasteiger charge is 2.46. The van der Waals surface area contributed by atoms with Crippen molar-refractivity contribution >= 4 is 165 Å².